The first-order chi connectivity index (χ1) is 6.70. The largest absolute Gasteiger partial charge is 0.396 e. The van der Waals surface area contributed by atoms with Crippen molar-refractivity contribution in [3.8, 4) is 0 Å². The SMILES string of the molecule is CC1(Nc2ccncc2N)CCOC1. The van der Waals surface area contributed by atoms with Crippen LogP contribution in [-0.2, 0) is 4.74 Å². The molecule has 1 atom stereocenters. The normalized spacial score (nSPS) is 26.4. The Morgan fingerprint density at radius 2 is 2.50 bits per heavy atom. The maximum atomic E-state index is 5.79. The lowest BCUT2D eigenvalue weighted by Crippen LogP contribution is -2.35. The van der Waals surface area contributed by atoms with Crippen molar-refractivity contribution in [3.05, 3.63) is 18.5 Å². The number of aromatic nitrogens is 1. The lowest BCUT2D eigenvalue weighted by Gasteiger charge is -2.25. The van der Waals surface area contributed by atoms with Crippen LogP contribution in [0.25, 0.3) is 0 Å². The minimum absolute atomic E-state index is 0.00940. The van der Waals surface area contributed by atoms with Crippen molar-refractivity contribution in [1.82, 2.24) is 4.98 Å². The van der Waals surface area contributed by atoms with Crippen molar-refractivity contribution in [3.63, 3.8) is 0 Å². The molecule has 4 heteroatoms. The van der Waals surface area contributed by atoms with Crippen LogP contribution in [-0.4, -0.2) is 23.7 Å². The number of hydrogen-bond donors (Lipinski definition) is 2. The van der Waals surface area contributed by atoms with Crippen LogP contribution >= 0.6 is 0 Å². The Labute approximate surface area is 83.5 Å². The number of rotatable bonds is 2. The second-order valence-electron chi connectivity index (χ2n) is 3.95. The zero-order valence-corrected chi connectivity index (χ0v) is 8.29. The standard InChI is InChI=1S/C10H15N3O/c1-10(3-5-14-7-10)13-9-2-4-12-6-8(9)11/h2,4,6H,3,5,7,11H2,1H3,(H,12,13). The van der Waals surface area contributed by atoms with Crippen LogP contribution in [0.4, 0.5) is 11.4 Å². The number of ether oxygens (including phenoxy) is 1. The van der Waals surface area contributed by atoms with E-state index in [1.807, 2.05) is 6.07 Å². The summed E-state index contributed by atoms with van der Waals surface area (Å²) in [5, 5.41) is 3.40. The number of nitrogen functional groups attached to an aromatic ring is 1. The van der Waals surface area contributed by atoms with Gasteiger partial charge in [0.1, 0.15) is 0 Å². The zero-order valence-electron chi connectivity index (χ0n) is 8.29. The zero-order chi connectivity index (χ0) is 10.0. The first-order valence-electron chi connectivity index (χ1n) is 4.75. The minimum Gasteiger partial charge on any atom is -0.396 e. The highest BCUT2D eigenvalue weighted by atomic mass is 16.5. The molecule has 2 rings (SSSR count). The van der Waals surface area contributed by atoms with E-state index in [4.69, 9.17) is 10.5 Å². The highest BCUT2D eigenvalue weighted by Crippen LogP contribution is 2.26. The van der Waals surface area contributed by atoms with Crippen molar-refractivity contribution in [2.24, 2.45) is 0 Å². The number of nitrogens with two attached hydrogens (primary N) is 1. The predicted molar refractivity (Wildman–Crippen MR) is 56.1 cm³/mol. The number of anilines is 2. The average molecular weight is 193 g/mol. The molecule has 1 saturated heterocycles. The van der Waals surface area contributed by atoms with Gasteiger partial charge in [-0.05, 0) is 19.4 Å². The molecular weight excluding hydrogens is 178 g/mol. The van der Waals surface area contributed by atoms with E-state index in [0.717, 1.165) is 25.3 Å². The molecule has 1 aliphatic heterocycles. The van der Waals surface area contributed by atoms with E-state index in [9.17, 15) is 0 Å². The van der Waals surface area contributed by atoms with Gasteiger partial charge in [0.25, 0.3) is 0 Å². The number of hydrogen-bond acceptors (Lipinski definition) is 4. The van der Waals surface area contributed by atoms with Crippen LogP contribution in [0.2, 0.25) is 0 Å². The highest BCUT2D eigenvalue weighted by molar-refractivity contribution is 5.65. The van der Waals surface area contributed by atoms with Crippen molar-refractivity contribution in [1.29, 1.82) is 0 Å². The van der Waals surface area contributed by atoms with Crippen molar-refractivity contribution < 1.29 is 4.74 Å². The molecule has 0 amide bonds. The predicted octanol–water partition coefficient (Wildman–Crippen LogP) is 1.25. The molecule has 3 N–H and O–H groups in total. The molecule has 0 saturated carbocycles. The molecule has 1 aliphatic rings. The Balaban J connectivity index is 2.14. The molecule has 1 fully saturated rings. The maximum Gasteiger partial charge on any atom is 0.0736 e. The van der Waals surface area contributed by atoms with Gasteiger partial charge in [-0.3, -0.25) is 4.98 Å². The van der Waals surface area contributed by atoms with Gasteiger partial charge in [0, 0.05) is 12.8 Å². The number of nitrogens with zero attached hydrogens (tertiary/aromatic N) is 1. The van der Waals surface area contributed by atoms with Gasteiger partial charge in [0.05, 0.1) is 29.7 Å². The quantitative estimate of drug-likeness (QED) is 0.742. The Hall–Kier alpha value is -1.29. The van der Waals surface area contributed by atoms with Gasteiger partial charge in [0.15, 0.2) is 0 Å². The summed E-state index contributed by atoms with van der Waals surface area (Å²) < 4.78 is 5.35. The fourth-order valence-corrected chi connectivity index (χ4v) is 1.61. The molecule has 1 aromatic heterocycles. The van der Waals surface area contributed by atoms with Gasteiger partial charge < -0.3 is 15.8 Å². The van der Waals surface area contributed by atoms with Crippen LogP contribution in [0.5, 0.6) is 0 Å². The van der Waals surface area contributed by atoms with Crippen molar-refractivity contribution >= 4 is 11.4 Å². The summed E-state index contributed by atoms with van der Waals surface area (Å²) in [7, 11) is 0. The third-order valence-electron chi connectivity index (χ3n) is 2.51. The molecule has 0 radical (unpaired) electrons. The topological polar surface area (TPSA) is 60.2 Å². The first kappa shape index (κ1) is 9.27. The summed E-state index contributed by atoms with van der Waals surface area (Å²) >= 11 is 0. The fraction of sp³-hybridized carbons (Fsp3) is 0.500. The summed E-state index contributed by atoms with van der Waals surface area (Å²) in [6.45, 7) is 3.68. The van der Waals surface area contributed by atoms with E-state index in [-0.39, 0.29) is 5.54 Å². The van der Waals surface area contributed by atoms with Crippen LogP contribution in [0.1, 0.15) is 13.3 Å². The minimum atomic E-state index is 0.00940. The molecule has 76 valence electrons. The van der Waals surface area contributed by atoms with E-state index >= 15 is 0 Å². The fourth-order valence-electron chi connectivity index (χ4n) is 1.61. The lowest BCUT2D eigenvalue weighted by molar-refractivity contribution is 0.185. The molecule has 0 bridgehead atoms. The maximum absolute atomic E-state index is 5.79. The van der Waals surface area contributed by atoms with E-state index < -0.39 is 0 Å². The van der Waals surface area contributed by atoms with Gasteiger partial charge in [-0.2, -0.15) is 0 Å². The summed E-state index contributed by atoms with van der Waals surface area (Å²) in [5.41, 5.74) is 7.42. The van der Waals surface area contributed by atoms with Crippen molar-refractivity contribution in [2.75, 3.05) is 24.3 Å². The molecule has 2 heterocycles. The van der Waals surface area contributed by atoms with Gasteiger partial charge in [-0.25, -0.2) is 0 Å². The molecule has 0 aliphatic carbocycles. The monoisotopic (exact) mass is 193 g/mol. The number of nitrogens with one attached hydrogen (secondary N) is 1. The summed E-state index contributed by atoms with van der Waals surface area (Å²) in [4.78, 5) is 3.95. The van der Waals surface area contributed by atoms with E-state index in [1.165, 1.54) is 0 Å². The van der Waals surface area contributed by atoms with Gasteiger partial charge >= 0.3 is 0 Å². The molecular formula is C10H15N3O. The second-order valence-corrected chi connectivity index (χ2v) is 3.95. The highest BCUT2D eigenvalue weighted by Gasteiger charge is 2.29. The van der Waals surface area contributed by atoms with Crippen LogP contribution in [0.3, 0.4) is 0 Å². The number of pyridine rings is 1. The Morgan fingerprint density at radius 3 is 3.14 bits per heavy atom. The molecule has 0 spiro atoms. The van der Waals surface area contributed by atoms with Gasteiger partial charge in [0.2, 0.25) is 0 Å². The summed E-state index contributed by atoms with van der Waals surface area (Å²) in [6, 6.07) is 1.89. The third-order valence-corrected chi connectivity index (χ3v) is 2.51. The summed E-state index contributed by atoms with van der Waals surface area (Å²) in [5.74, 6) is 0. The Kier molecular flexibility index (Phi) is 2.29. The van der Waals surface area contributed by atoms with Crippen LogP contribution in [0, 0.1) is 0 Å². The second kappa shape index (κ2) is 3.46. The molecule has 14 heavy (non-hydrogen) atoms. The van der Waals surface area contributed by atoms with E-state index in [0.29, 0.717) is 5.69 Å². The molecule has 1 unspecified atom stereocenters. The Morgan fingerprint density at radius 1 is 1.64 bits per heavy atom. The smallest absolute Gasteiger partial charge is 0.0736 e. The first-order valence-corrected chi connectivity index (χ1v) is 4.75. The van der Waals surface area contributed by atoms with E-state index in [1.54, 1.807) is 12.4 Å². The average Bonchev–Trinajstić information content (AvgIpc) is 2.57. The third kappa shape index (κ3) is 1.80. The van der Waals surface area contributed by atoms with Crippen LogP contribution in [0.15, 0.2) is 18.5 Å². The van der Waals surface area contributed by atoms with Gasteiger partial charge in [-0.1, -0.05) is 0 Å². The Bertz CT molecular complexity index is 321. The summed E-state index contributed by atoms with van der Waals surface area (Å²) in [6.07, 6.45) is 4.40. The van der Waals surface area contributed by atoms with E-state index in [2.05, 4.69) is 17.2 Å². The van der Waals surface area contributed by atoms with Gasteiger partial charge in [-0.15, -0.1) is 0 Å². The van der Waals surface area contributed by atoms with Crippen molar-refractivity contribution in [2.45, 2.75) is 18.9 Å². The van der Waals surface area contributed by atoms with Crippen LogP contribution < -0.4 is 11.1 Å². The lowest BCUT2D eigenvalue weighted by atomic mass is 10.0. The molecule has 0 aromatic carbocycles. The molecule has 1 aromatic rings. The molecule has 4 nitrogen and oxygen atoms in total.